The minimum Gasteiger partial charge on any atom is -0.340 e. The van der Waals surface area contributed by atoms with Gasteiger partial charge >= 0.3 is 0 Å². The summed E-state index contributed by atoms with van der Waals surface area (Å²) in [7, 11) is 0. The third kappa shape index (κ3) is 2.87. The molecule has 0 N–H and O–H groups in total. The van der Waals surface area contributed by atoms with Gasteiger partial charge in [-0.3, -0.25) is 4.79 Å². The van der Waals surface area contributed by atoms with Gasteiger partial charge in [-0.1, -0.05) is 6.92 Å². The molecule has 0 saturated carbocycles. The van der Waals surface area contributed by atoms with Crippen molar-refractivity contribution in [1.29, 1.82) is 0 Å². The van der Waals surface area contributed by atoms with Crippen molar-refractivity contribution in [2.24, 2.45) is 0 Å². The van der Waals surface area contributed by atoms with Crippen LogP contribution in [0.5, 0.6) is 0 Å². The van der Waals surface area contributed by atoms with Gasteiger partial charge in [0.05, 0.1) is 0 Å². The Bertz CT molecular complexity index is 172. The first kappa shape index (κ1) is 10.8. The highest BCUT2D eigenvalue weighted by atomic mass is 35.5. The minimum atomic E-state index is 0.238. The van der Waals surface area contributed by atoms with Gasteiger partial charge < -0.3 is 4.90 Å². The Morgan fingerprint density at radius 1 is 1.54 bits per heavy atom. The molecule has 0 radical (unpaired) electrons. The zero-order valence-corrected chi connectivity index (χ0v) is 9.02. The zero-order valence-electron chi connectivity index (χ0n) is 8.26. The molecule has 1 aliphatic rings. The molecule has 1 saturated heterocycles. The SMILES string of the molecule is CCC1CCCCN1C(=O)CCCl. The van der Waals surface area contributed by atoms with Crippen LogP contribution in [-0.2, 0) is 4.79 Å². The molecule has 1 heterocycles. The molecular weight excluding hydrogens is 186 g/mol. The second-order valence-electron chi connectivity index (χ2n) is 3.58. The third-order valence-corrected chi connectivity index (χ3v) is 2.92. The highest BCUT2D eigenvalue weighted by molar-refractivity contribution is 6.18. The standard InChI is InChI=1S/C10H18ClNO/c1-2-9-5-3-4-8-12(9)10(13)6-7-11/h9H,2-8H2,1H3. The Hall–Kier alpha value is -0.240. The number of halogens is 1. The Labute approximate surface area is 85.2 Å². The summed E-state index contributed by atoms with van der Waals surface area (Å²) in [5, 5.41) is 0. The summed E-state index contributed by atoms with van der Waals surface area (Å²) in [6, 6.07) is 0.476. The maximum Gasteiger partial charge on any atom is 0.224 e. The van der Waals surface area contributed by atoms with Gasteiger partial charge in [0.15, 0.2) is 0 Å². The van der Waals surface area contributed by atoms with Crippen molar-refractivity contribution in [3.8, 4) is 0 Å². The fourth-order valence-electron chi connectivity index (χ4n) is 1.98. The molecule has 0 aliphatic carbocycles. The summed E-state index contributed by atoms with van der Waals surface area (Å²) in [6.07, 6.45) is 5.17. The summed E-state index contributed by atoms with van der Waals surface area (Å²) in [6.45, 7) is 3.09. The van der Waals surface area contributed by atoms with Crippen LogP contribution in [0.1, 0.15) is 39.0 Å². The molecule has 3 heteroatoms. The van der Waals surface area contributed by atoms with E-state index in [9.17, 15) is 4.79 Å². The second kappa shape index (κ2) is 5.48. The van der Waals surface area contributed by atoms with E-state index in [-0.39, 0.29) is 5.91 Å². The van der Waals surface area contributed by atoms with Crippen molar-refractivity contribution >= 4 is 17.5 Å². The van der Waals surface area contributed by atoms with Crippen LogP contribution in [0.25, 0.3) is 0 Å². The molecule has 1 fully saturated rings. The number of piperidine rings is 1. The summed E-state index contributed by atoms with van der Waals surface area (Å²) in [5.41, 5.74) is 0. The van der Waals surface area contributed by atoms with Gasteiger partial charge in [0.1, 0.15) is 0 Å². The monoisotopic (exact) mass is 203 g/mol. The predicted octanol–water partition coefficient (Wildman–Crippen LogP) is 2.41. The van der Waals surface area contributed by atoms with E-state index in [0.29, 0.717) is 18.3 Å². The first-order valence-corrected chi connectivity index (χ1v) is 5.68. The van der Waals surface area contributed by atoms with Crippen LogP contribution in [-0.4, -0.2) is 29.3 Å². The van der Waals surface area contributed by atoms with Gasteiger partial charge in [-0.05, 0) is 25.7 Å². The van der Waals surface area contributed by atoms with E-state index in [0.717, 1.165) is 19.4 Å². The first-order valence-electron chi connectivity index (χ1n) is 5.15. The van der Waals surface area contributed by atoms with Crippen LogP contribution in [0.4, 0.5) is 0 Å². The zero-order chi connectivity index (χ0) is 9.68. The summed E-state index contributed by atoms with van der Waals surface area (Å²) >= 11 is 5.56. The van der Waals surface area contributed by atoms with Crippen molar-refractivity contribution in [2.75, 3.05) is 12.4 Å². The van der Waals surface area contributed by atoms with Gasteiger partial charge in [0.25, 0.3) is 0 Å². The van der Waals surface area contributed by atoms with E-state index < -0.39 is 0 Å². The highest BCUT2D eigenvalue weighted by Gasteiger charge is 2.24. The third-order valence-electron chi connectivity index (χ3n) is 2.73. The van der Waals surface area contributed by atoms with E-state index in [1.165, 1.54) is 12.8 Å². The molecule has 2 nitrogen and oxygen atoms in total. The first-order chi connectivity index (χ1) is 6.29. The summed E-state index contributed by atoms with van der Waals surface area (Å²) < 4.78 is 0. The maximum atomic E-state index is 11.6. The summed E-state index contributed by atoms with van der Waals surface area (Å²) in [4.78, 5) is 13.6. The minimum absolute atomic E-state index is 0.238. The molecule has 1 atom stereocenters. The molecule has 0 aromatic rings. The number of rotatable bonds is 3. The normalized spacial score (nSPS) is 23.2. The number of carbonyl (C=O) groups is 1. The molecule has 1 amide bonds. The molecule has 0 aromatic heterocycles. The number of carbonyl (C=O) groups excluding carboxylic acids is 1. The number of hydrogen-bond donors (Lipinski definition) is 0. The average Bonchev–Trinajstić information content (AvgIpc) is 2.18. The van der Waals surface area contributed by atoms with Crippen LogP contribution in [0.2, 0.25) is 0 Å². The van der Waals surface area contributed by atoms with Crippen LogP contribution in [0.15, 0.2) is 0 Å². The number of nitrogens with zero attached hydrogens (tertiary/aromatic N) is 1. The van der Waals surface area contributed by atoms with Crippen LogP contribution < -0.4 is 0 Å². The molecule has 0 spiro atoms. The van der Waals surface area contributed by atoms with E-state index >= 15 is 0 Å². The molecule has 1 rings (SSSR count). The van der Waals surface area contributed by atoms with Crippen LogP contribution in [0.3, 0.4) is 0 Å². The Morgan fingerprint density at radius 2 is 2.31 bits per heavy atom. The van der Waals surface area contributed by atoms with Gasteiger partial charge in [-0.15, -0.1) is 11.6 Å². The lowest BCUT2D eigenvalue weighted by atomic mass is 10.00. The van der Waals surface area contributed by atoms with Crippen molar-refractivity contribution in [3.05, 3.63) is 0 Å². The molecule has 1 aliphatic heterocycles. The smallest absolute Gasteiger partial charge is 0.224 e. The lowest BCUT2D eigenvalue weighted by molar-refractivity contribution is -0.134. The van der Waals surface area contributed by atoms with Crippen molar-refractivity contribution < 1.29 is 4.79 Å². The van der Waals surface area contributed by atoms with Crippen molar-refractivity contribution in [3.63, 3.8) is 0 Å². The van der Waals surface area contributed by atoms with Crippen LogP contribution in [0, 0.1) is 0 Å². The molecule has 0 bridgehead atoms. The quantitative estimate of drug-likeness (QED) is 0.646. The predicted molar refractivity (Wildman–Crippen MR) is 55.0 cm³/mol. The van der Waals surface area contributed by atoms with E-state index in [4.69, 9.17) is 11.6 Å². The summed E-state index contributed by atoms with van der Waals surface area (Å²) in [5.74, 6) is 0.688. The van der Waals surface area contributed by atoms with Crippen LogP contribution >= 0.6 is 11.6 Å². The van der Waals surface area contributed by atoms with Crippen molar-refractivity contribution in [1.82, 2.24) is 4.90 Å². The Morgan fingerprint density at radius 3 is 2.92 bits per heavy atom. The number of likely N-dealkylation sites (tertiary alicyclic amines) is 1. The van der Waals surface area contributed by atoms with E-state index in [1.807, 2.05) is 4.90 Å². The van der Waals surface area contributed by atoms with Gasteiger partial charge in [0, 0.05) is 24.9 Å². The number of alkyl halides is 1. The lowest BCUT2D eigenvalue weighted by Crippen LogP contribution is -2.43. The van der Waals surface area contributed by atoms with Gasteiger partial charge in [-0.25, -0.2) is 0 Å². The number of hydrogen-bond acceptors (Lipinski definition) is 1. The van der Waals surface area contributed by atoms with Gasteiger partial charge in [-0.2, -0.15) is 0 Å². The van der Waals surface area contributed by atoms with Crippen molar-refractivity contribution in [2.45, 2.75) is 45.1 Å². The highest BCUT2D eigenvalue weighted by Crippen LogP contribution is 2.20. The molecular formula is C10H18ClNO. The molecule has 13 heavy (non-hydrogen) atoms. The lowest BCUT2D eigenvalue weighted by Gasteiger charge is -2.35. The van der Waals surface area contributed by atoms with Gasteiger partial charge in [0.2, 0.25) is 5.91 Å². The maximum absolute atomic E-state index is 11.6. The Kier molecular flexibility index (Phi) is 4.57. The second-order valence-corrected chi connectivity index (χ2v) is 3.96. The Balaban J connectivity index is 2.48. The molecule has 1 unspecified atom stereocenters. The fourth-order valence-corrected chi connectivity index (χ4v) is 2.14. The topological polar surface area (TPSA) is 20.3 Å². The molecule has 76 valence electrons. The fraction of sp³-hybridized carbons (Fsp3) is 0.900. The van der Waals surface area contributed by atoms with E-state index in [2.05, 4.69) is 6.92 Å². The largest absolute Gasteiger partial charge is 0.340 e. The molecule has 0 aromatic carbocycles. The average molecular weight is 204 g/mol. The number of amides is 1. The van der Waals surface area contributed by atoms with E-state index in [1.54, 1.807) is 0 Å².